The molecule has 1 aliphatic heterocycles. The number of nitrogens with zero attached hydrogens (tertiary/aromatic N) is 2. The minimum Gasteiger partial charge on any atom is -0.317 e. The topological polar surface area (TPSA) is 46.4 Å². The molecule has 1 aromatic carbocycles. The van der Waals surface area contributed by atoms with Crippen molar-refractivity contribution >= 4 is 40.9 Å². The first kappa shape index (κ1) is 14.5. The average Bonchev–Trinajstić information content (AvgIpc) is 3.12. The van der Waals surface area contributed by atoms with Gasteiger partial charge in [-0.3, -0.25) is 4.79 Å². The molecule has 1 fully saturated rings. The summed E-state index contributed by atoms with van der Waals surface area (Å²) in [5.74, 6) is 0.257. The normalized spacial score (nSPS) is 19.1. The first-order chi connectivity index (χ1) is 11.1. The van der Waals surface area contributed by atoms with Crippen molar-refractivity contribution in [1.29, 1.82) is 0 Å². The van der Waals surface area contributed by atoms with Gasteiger partial charge >= 0.3 is 0 Å². The lowest BCUT2D eigenvalue weighted by Gasteiger charge is -2.09. The van der Waals surface area contributed by atoms with Crippen molar-refractivity contribution in [2.75, 3.05) is 0 Å². The molecule has 0 radical (unpaired) electrons. The van der Waals surface area contributed by atoms with Gasteiger partial charge in [0.05, 0.1) is 11.3 Å². The molecule has 1 aromatic heterocycles. The van der Waals surface area contributed by atoms with Crippen LogP contribution in [-0.2, 0) is 4.79 Å². The van der Waals surface area contributed by atoms with Crippen molar-refractivity contribution in [3.63, 3.8) is 0 Å². The molecule has 4 nitrogen and oxygen atoms in total. The lowest BCUT2D eigenvalue weighted by atomic mass is 10.1. The first-order valence-corrected chi connectivity index (χ1v) is 8.11. The third-order valence-corrected chi connectivity index (χ3v) is 4.40. The van der Waals surface area contributed by atoms with E-state index in [0.717, 1.165) is 29.9 Å². The molecular formula is C17H13Cl2N3O. The Hall–Kier alpha value is -2.04. The summed E-state index contributed by atoms with van der Waals surface area (Å²) in [6.07, 6.45) is 5.97. The van der Waals surface area contributed by atoms with E-state index < -0.39 is 0 Å². The van der Waals surface area contributed by atoms with Gasteiger partial charge < -0.3 is 4.57 Å². The largest absolute Gasteiger partial charge is 0.317 e. The van der Waals surface area contributed by atoms with Gasteiger partial charge in [-0.2, -0.15) is 5.10 Å². The van der Waals surface area contributed by atoms with Gasteiger partial charge in [-0.1, -0.05) is 23.2 Å². The molecule has 116 valence electrons. The fourth-order valence-corrected chi connectivity index (χ4v) is 3.24. The number of aromatic nitrogens is 1. The molecule has 4 rings (SSSR count). The number of carbonyl (C=O) groups is 1. The minimum atomic E-state index is -0.149. The van der Waals surface area contributed by atoms with E-state index >= 15 is 0 Å². The van der Waals surface area contributed by atoms with Crippen LogP contribution in [0.4, 0.5) is 0 Å². The van der Waals surface area contributed by atoms with E-state index in [9.17, 15) is 4.79 Å². The van der Waals surface area contributed by atoms with Crippen molar-refractivity contribution in [3.8, 4) is 5.69 Å². The van der Waals surface area contributed by atoms with Gasteiger partial charge in [0.1, 0.15) is 0 Å². The summed E-state index contributed by atoms with van der Waals surface area (Å²) in [6, 6.07) is 9.22. The summed E-state index contributed by atoms with van der Waals surface area (Å²) >= 11 is 12.2. The zero-order chi connectivity index (χ0) is 16.0. The highest BCUT2D eigenvalue weighted by Crippen LogP contribution is 2.35. The maximum absolute atomic E-state index is 12.1. The zero-order valence-corrected chi connectivity index (χ0v) is 13.6. The number of halogens is 2. The standard InChI is InChI=1S/C17H13Cl2N3O/c18-11-6-12(19)8-14(7-11)22-5-1-2-13(22)9-15-16(10-3-4-10)20-21-17(15)23/h1-2,5-10H,3-4H2,(H,21,23). The molecule has 0 bridgehead atoms. The molecule has 2 heterocycles. The molecule has 2 aromatic rings. The molecular weight excluding hydrogens is 333 g/mol. The van der Waals surface area contributed by atoms with Crippen LogP contribution in [0.5, 0.6) is 0 Å². The minimum absolute atomic E-state index is 0.149. The Bertz CT molecular complexity index is 842. The Balaban J connectivity index is 1.76. The van der Waals surface area contributed by atoms with Crippen LogP contribution in [0.15, 0.2) is 47.2 Å². The summed E-state index contributed by atoms with van der Waals surface area (Å²) in [5, 5.41) is 5.31. The van der Waals surface area contributed by atoms with Crippen molar-refractivity contribution in [2.45, 2.75) is 12.8 Å². The van der Waals surface area contributed by atoms with Crippen LogP contribution < -0.4 is 5.43 Å². The summed E-state index contributed by atoms with van der Waals surface area (Å²) in [7, 11) is 0. The second kappa shape index (κ2) is 5.55. The second-order valence-electron chi connectivity index (χ2n) is 5.70. The fourth-order valence-electron chi connectivity index (χ4n) is 2.73. The molecule has 1 amide bonds. The lowest BCUT2D eigenvalue weighted by molar-refractivity contribution is -0.116. The van der Waals surface area contributed by atoms with Crippen LogP contribution in [-0.4, -0.2) is 16.2 Å². The number of rotatable bonds is 3. The SMILES string of the molecule is O=C1NN=C(C2CC2)C1=Cc1cccn1-c1cc(Cl)cc(Cl)c1. The Labute approximate surface area is 143 Å². The monoisotopic (exact) mass is 345 g/mol. The molecule has 1 aliphatic carbocycles. The van der Waals surface area contributed by atoms with E-state index in [1.54, 1.807) is 6.07 Å². The molecule has 0 spiro atoms. The second-order valence-corrected chi connectivity index (χ2v) is 6.57. The zero-order valence-electron chi connectivity index (χ0n) is 12.1. The average molecular weight is 346 g/mol. The number of nitrogens with one attached hydrogen (secondary N) is 1. The highest BCUT2D eigenvalue weighted by atomic mass is 35.5. The van der Waals surface area contributed by atoms with E-state index in [2.05, 4.69) is 10.5 Å². The quantitative estimate of drug-likeness (QED) is 0.837. The maximum atomic E-state index is 12.1. The van der Waals surface area contributed by atoms with Gasteiger partial charge in [0, 0.05) is 33.5 Å². The first-order valence-electron chi connectivity index (χ1n) is 7.35. The van der Waals surface area contributed by atoms with E-state index in [4.69, 9.17) is 23.2 Å². The fraction of sp³-hybridized carbons (Fsp3) is 0.176. The number of carbonyl (C=O) groups excluding carboxylic acids is 1. The van der Waals surface area contributed by atoms with E-state index in [0.29, 0.717) is 21.5 Å². The Morgan fingerprint density at radius 1 is 1.22 bits per heavy atom. The van der Waals surface area contributed by atoms with Crippen molar-refractivity contribution in [1.82, 2.24) is 9.99 Å². The van der Waals surface area contributed by atoms with Gasteiger partial charge in [-0.25, -0.2) is 5.43 Å². The van der Waals surface area contributed by atoms with Gasteiger partial charge in [0.25, 0.3) is 5.91 Å². The summed E-state index contributed by atoms with van der Waals surface area (Å²) < 4.78 is 1.95. The Morgan fingerprint density at radius 2 is 1.96 bits per heavy atom. The van der Waals surface area contributed by atoms with Crippen LogP contribution in [0.25, 0.3) is 11.8 Å². The number of amides is 1. The molecule has 1 saturated carbocycles. The molecule has 6 heteroatoms. The van der Waals surface area contributed by atoms with Crippen LogP contribution >= 0.6 is 23.2 Å². The Kier molecular flexibility index (Phi) is 3.51. The molecule has 1 N–H and O–H groups in total. The van der Waals surface area contributed by atoms with Crippen LogP contribution in [0.3, 0.4) is 0 Å². The number of hydrazone groups is 1. The molecule has 0 saturated heterocycles. The Morgan fingerprint density at radius 3 is 2.65 bits per heavy atom. The van der Waals surface area contributed by atoms with Crippen molar-refractivity contribution in [2.24, 2.45) is 11.0 Å². The lowest BCUT2D eigenvalue weighted by Crippen LogP contribution is -2.14. The van der Waals surface area contributed by atoms with Crippen molar-refractivity contribution in [3.05, 3.63) is 57.8 Å². The van der Waals surface area contributed by atoms with Gasteiger partial charge in [0.15, 0.2) is 0 Å². The van der Waals surface area contributed by atoms with Crippen molar-refractivity contribution < 1.29 is 4.79 Å². The molecule has 2 aliphatic rings. The molecule has 0 unspecified atom stereocenters. The molecule has 0 atom stereocenters. The van der Waals surface area contributed by atoms with Crippen LogP contribution in [0.2, 0.25) is 10.0 Å². The third kappa shape index (κ3) is 2.80. The van der Waals surface area contributed by atoms with Gasteiger partial charge in [0.2, 0.25) is 0 Å². The van der Waals surface area contributed by atoms with Gasteiger partial charge in [-0.15, -0.1) is 0 Å². The van der Waals surface area contributed by atoms with Gasteiger partial charge in [-0.05, 0) is 49.2 Å². The highest BCUT2D eigenvalue weighted by Gasteiger charge is 2.35. The number of hydrogen-bond acceptors (Lipinski definition) is 2. The number of hydrogen-bond donors (Lipinski definition) is 1. The smallest absolute Gasteiger partial charge is 0.273 e. The summed E-state index contributed by atoms with van der Waals surface area (Å²) in [4.78, 5) is 12.1. The summed E-state index contributed by atoms with van der Waals surface area (Å²) in [6.45, 7) is 0. The maximum Gasteiger partial charge on any atom is 0.273 e. The van der Waals surface area contributed by atoms with E-state index in [-0.39, 0.29) is 5.91 Å². The summed E-state index contributed by atoms with van der Waals surface area (Å²) in [5.41, 5.74) is 5.80. The predicted molar refractivity (Wildman–Crippen MR) is 92.1 cm³/mol. The number of benzene rings is 1. The highest BCUT2D eigenvalue weighted by molar-refractivity contribution is 6.35. The third-order valence-electron chi connectivity index (χ3n) is 3.96. The van der Waals surface area contributed by atoms with E-state index in [1.165, 1.54) is 0 Å². The predicted octanol–water partition coefficient (Wildman–Crippen LogP) is 4.06. The van der Waals surface area contributed by atoms with Crippen LogP contribution in [0.1, 0.15) is 18.5 Å². The van der Waals surface area contributed by atoms with Crippen LogP contribution in [0, 0.1) is 5.92 Å². The molecule has 23 heavy (non-hydrogen) atoms. The van der Waals surface area contributed by atoms with E-state index in [1.807, 2.05) is 41.1 Å².